The number of ether oxygens (including phenoxy) is 1. The number of halogens is 3. The summed E-state index contributed by atoms with van der Waals surface area (Å²) in [7, 11) is 1.57. The van der Waals surface area contributed by atoms with E-state index in [1.807, 2.05) is 19.1 Å². The third-order valence-electron chi connectivity index (χ3n) is 7.07. The van der Waals surface area contributed by atoms with Crippen molar-refractivity contribution in [1.82, 2.24) is 4.90 Å². The zero-order valence-electron chi connectivity index (χ0n) is 20.8. The second-order valence-corrected chi connectivity index (χ2v) is 10.8. The van der Waals surface area contributed by atoms with Crippen LogP contribution < -0.4 is 0 Å². The highest BCUT2D eigenvalue weighted by Crippen LogP contribution is 2.43. The summed E-state index contributed by atoms with van der Waals surface area (Å²) in [5.41, 5.74) is 4.92. The number of hydrogen-bond donors (Lipinski definition) is 1. The molecule has 0 saturated carbocycles. The van der Waals surface area contributed by atoms with E-state index in [9.17, 15) is 13.6 Å². The van der Waals surface area contributed by atoms with Crippen molar-refractivity contribution in [3.05, 3.63) is 87.5 Å². The molecule has 1 aliphatic heterocycles. The number of nitriles is 1. The lowest BCUT2D eigenvalue weighted by molar-refractivity contribution is 0.0602. The van der Waals surface area contributed by atoms with Crippen LogP contribution in [0.3, 0.4) is 0 Å². The largest absolute Gasteiger partial charge is 0.384 e. The molecule has 0 atom stereocenters. The van der Waals surface area contributed by atoms with Crippen molar-refractivity contribution in [3.8, 4) is 6.07 Å². The molecule has 1 saturated heterocycles. The zero-order chi connectivity index (χ0) is 26.7. The van der Waals surface area contributed by atoms with E-state index in [1.165, 1.54) is 0 Å². The molecule has 2 aromatic carbocycles. The van der Waals surface area contributed by atoms with Crippen molar-refractivity contribution in [2.75, 3.05) is 26.8 Å². The number of nitrogens with one attached hydrogen (secondary N) is 1. The van der Waals surface area contributed by atoms with Gasteiger partial charge in [-0.25, -0.2) is 0 Å². The van der Waals surface area contributed by atoms with Crippen molar-refractivity contribution in [2.24, 2.45) is 0 Å². The summed E-state index contributed by atoms with van der Waals surface area (Å²) >= 11 is 1.16. The first-order valence-corrected chi connectivity index (χ1v) is 13.2. The number of hydrogen-bond acceptors (Lipinski definition) is 4. The van der Waals surface area contributed by atoms with Crippen LogP contribution in [-0.2, 0) is 4.74 Å². The Bertz CT molecular complexity index is 1310. The number of rotatable bonds is 7. The van der Waals surface area contributed by atoms with E-state index >= 15 is 0 Å². The first-order chi connectivity index (χ1) is 17.6. The third-order valence-corrected chi connectivity index (χ3v) is 7.72. The maximum Gasteiger partial charge on any atom is 0.318 e. The zero-order valence-corrected chi connectivity index (χ0v) is 22.9. The van der Waals surface area contributed by atoms with Crippen LogP contribution in [0.1, 0.15) is 57.8 Å². The van der Waals surface area contributed by atoms with E-state index in [0.29, 0.717) is 59.7 Å². The summed E-state index contributed by atoms with van der Waals surface area (Å²) in [6.07, 6.45) is 2.33. The number of benzene rings is 2. The van der Waals surface area contributed by atoms with E-state index < -0.39 is 3.93 Å². The lowest BCUT2D eigenvalue weighted by Gasteiger charge is -2.39. The maximum atomic E-state index is 14.8. The van der Waals surface area contributed by atoms with Gasteiger partial charge in [-0.3, -0.25) is 4.79 Å². The predicted octanol–water partition coefficient (Wildman–Crippen LogP) is 6.66. The van der Waals surface area contributed by atoms with Gasteiger partial charge >= 0.3 is 3.93 Å². The van der Waals surface area contributed by atoms with E-state index in [1.54, 1.807) is 48.4 Å². The first kappa shape index (κ1) is 27.1. The van der Waals surface area contributed by atoms with Crippen molar-refractivity contribution in [2.45, 2.75) is 36.0 Å². The van der Waals surface area contributed by atoms with Gasteiger partial charge < -0.3 is 15.0 Å². The van der Waals surface area contributed by atoms with Gasteiger partial charge in [0.2, 0.25) is 0 Å². The molecule has 2 aliphatic rings. The number of carbonyl (C=O) groups is 1. The number of allylic oxidation sites excluding steroid dienone is 3. The Balaban J connectivity index is 1.58. The molecular weight excluding hydrogens is 587 g/mol. The molecule has 37 heavy (non-hydrogen) atoms. The Kier molecular flexibility index (Phi) is 8.24. The molecule has 0 spiro atoms. The lowest BCUT2D eigenvalue weighted by atomic mass is 9.88. The van der Waals surface area contributed by atoms with Crippen LogP contribution in [0.5, 0.6) is 0 Å². The number of likely N-dealkylation sites (tertiary alicyclic amines) is 1. The molecule has 8 heteroatoms. The number of amides is 1. The molecule has 1 aliphatic carbocycles. The van der Waals surface area contributed by atoms with Crippen molar-refractivity contribution < 1.29 is 18.3 Å². The Morgan fingerprint density at radius 2 is 1.95 bits per heavy atom. The molecule has 192 valence electrons. The van der Waals surface area contributed by atoms with Gasteiger partial charge in [0.25, 0.3) is 5.91 Å². The average molecular weight is 615 g/mol. The fourth-order valence-corrected chi connectivity index (χ4v) is 5.37. The summed E-state index contributed by atoms with van der Waals surface area (Å²) in [5.74, 6) is 0.0599. The quantitative estimate of drug-likeness (QED) is 0.280. The standard InChI is InChI=1S/C29H28F2IN3O2/c1-18-3-6-22(28(36)35-16-23(17-35)20-7-4-19(15-33)5-8-20)13-24(18)25-14-27(34)21(11-12-37-2)9-10-26(25)29(30,31)32/h3-9,13,23,34H,10-12,14,16-17H2,1-2H3. The summed E-state index contributed by atoms with van der Waals surface area (Å²) in [6, 6.07) is 14.7. The topological polar surface area (TPSA) is 77.2 Å². The number of aryl methyl sites for hydroxylation is 1. The van der Waals surface area contributed by atoms with Gasteiger partial charge in [0.1, 0.15) is 0 Å². The summed E-state index contributed by atoms with van der Waals surface area (Å²) in [6.45, 7) is 3.38. The molecule has 1 heterocycles. The highest BCUT2D eigenvalue weighted by molar-refractivity contribution is 14.1. The van der Waals surface area contributed by atoms with Crippen LogP contribution in [0, 0.1) is 23.7 Å². The van der Waals surface area contributed by atoms with E-state index in [4.69, 9.17) is 15.4 Å². The molecule has 1 fully saturated rings. The molecule has 2 aromatic rings. The number of carbonyl (C=O) groups excluding carboxylic acids is 1. The van der Waals surface area contributed by atoms with Gasteiger partial charge in [0.05, 0.1) is 18.2 Å². The number of nitrogens with zero attached hydrogens (tertiary/aromatic N) is 2. The lowest BCUT2D eigenvalue weighted by Crippen LogP contribution is -2.48. The van der Waals surface area contributed by atoms with Crippen molar-refractivity contribution >= 4 is 39.8 Å². The first-order valence-electron chi connectivity index (χ1n) is 12.1. The van der Waals surface area contributed by atoms with Gasteiger partial charge in [0.15, 0.2) is 0 Å². The summed E-state index contributed by atoms with van der Waals surface area (Å²) < 4.78 is 31.6. The summed E-state index contributed by atoms with van der Waals surface area (Å²) in [4.78, 5) is 15.0. The van der Waals surface area contributed by atoms with Crippen LogP contribution in [0.15, 0.2) is 59.7 Å². The molecule has 1 amide bonds. The predicted molar refractivity (Wildman–Crippen MR) is 148 cm³/mol. The molecule has 4 rings (SSSR count). The molecule has 0 unspecified atom stereocenters. The molecule has 0 bridgehead atoms. The smallest absolute Gasteiger partial charge is 0.318 e. The van der Waals surface area contributed by atoms with Crippen LogP contribution >= 0.6 is 22.6 Å². The highest BCUT2D eigenvalue weighted by atomic mass is 127. The van der Waals surface area contributed by atoms with Crippen LogP contribution in [-0.4, -0.2) is 47.3 Å². The van der Waals surface area contributed by atoms with Gasteiger partial charge in [-0.05, 0) is 71.9 Å². The van der Waals surface area contributed by atoms with Gasteiger partial charge in [-0.15, -0.1) is 0 Å². The van der Waals surface area contributed by atoms with E-state index in [0.717, 1.165) is 33.7 Å². The fraction of sp³-hybridized carbons (Fsp3) is 0.345. The molecule has 1 N–H and O–H groups in total. The number of methoxy groups -OCH3 is 1. The molecule has 0 radical (unpaired) electrons. The van der Waals surface area contributed by atoms with E-state index in [2.05, 4.69) is 6.07 Å². The maximum absolute atomic E-state index is 14.8. The van der Waals surface area contributed by atoms with Gasteiger partial charge in [0, 0.05) is 72.0 Å². The van der Waals surface area contributed by atoms with Crippen LogP contribution in [0.2, 0.25) is 0 Å². The third kappa shape index (κ3) is 5.99. The molecular formula is C29H28F2IN3O2. The van der Waals surface area contributed by atoms with Crippen molar-refractivity contribution in [3.63, 3.8) is 0 Å². The van der Waals surface area contributed by atoms with E-state index in [-0.39, 0.29) is 30.2 Å². The highest BCUT2D eigenvalue weighted by Gasteiger charge is 2.36. The minimum absolute atomic E-state index is 0.0252. The average Bonchev–Trinajstić information content (AvgIpc) is 3.01. The fourth-order valence-electron chi connectivity index (χ4n) is 4.83. The second-order valence-electron chi connectivity index (χ2n) is 9.46. The second kappa shape index (κ2) is 11.2. The van der Waals surface area contributed by atoms with Crippen LogP contribution in [0.25, 0.3) is 5.57 Å². The van der Waals surface area contributed by atoms with Crippen LogP contribution in [0.4, 0.5) is 8.78 Å². The molecule has 0 aromatic heterocycles. The Labute approximate surface area is 229 Å². The van der Waals surface area contributed by atoms with Gasteiger partial charge in [-0.2, -0.15) is 14.0 Å². The summed E-state index contributed by atoms with van der Waals surface area (Å²) in [5, 5.41) is 17.6. The Hall–Kier alpha value is -2.90. The van der Waals surface area contributed by atoms with Gasteiger partial charge in [-0.1, -0.05) is 24.3 Å². The monoisotopic (exact) mass is 615 g/mol. The molecule has 5 nitrogen and oxygen atoms in total. The minimum atomic E-state index is -3.08. The Morgan fingerprint density at radius 3 is 2.57 bits per heavy atom. The SMILES string of the molecule is COCCC1=CCC(C(F)(F)I)=C(c2cc(C(=O)N3CC(c4ccc(C#N)cc4)C3)ccc2C)CC1=N. The minimum Gasteiger partial charge on any atom is -0.384 e. The normalized spacial score (nSPS) is 16.7. The Morgan fingerprint density at radius 1 is 1.24 bits per heavy atom. The van der Waals surface area contributed by atoms with Crippen molar-refractivity contribution in [1.29, 1.82) is 10.7 Å². The number of alkyl halides is 3.